The number of nitrogens with two attached hydrogens (primary N) is 1. The summed E-state index contributed by atoms with van der Waals surface area (Å²) in [6.45, 7) is 9.96. The molecular formula is C13H23N3O2S. The first-order valence-corrected chi connectivity index (χ1v) is 7.64. The van der Waals surface area contributed by atoms with Gasteiger partial charge in [0.25, 0.3) is 0 Å². The van der Waals surface area contributed by atoms with E-state index in [1.54, 1.807) is 0 Å². The standard InChI is InChI=1S/C13H23N3O2S/c1-12(2,3)9-13(4,5)16-19(17,18)11-6-10(14)7-15-8-11/h6-8,16H,9,14H2,1-5H3. The molecular weight excluding hydrogens is 262 g/mol. The number of nitrogens with one attached hydrogen (secondary N) is 1. The van der Waals surface area contributed by atoms with Crippen molar-refractivity contribution in [3.05, 3.63) is 18.5 Å². The fraction of sp³-hybridized carbons (Fsp3) is 0.615. The van der Waals surface area contributed by atoms with Gasteiger partial charge in [0, 0.05) is 17.9 Å². The van der Waals surface area contributed by atoms with Gasteiger partial charge in [-0.25, -0.2) is 13.1 Å². The van der Waals surface area contributed by atoms with Crippen molar-refractivity contribution in [1.29, 1.82) is 0 Å². The van der Waals surface area contributed by atoms with Crippen LogP contribution in [0.4, 0.5) is 5.69 Å². The minimum absolute atomic E-state index is 0.0278. The molecule has 0 aromatic carbocycles. The molecule has 0 saturated carbocycles. The summed E-state index contributed by atoms with van der Waals surface area (Å²) in [6.07, 6.45) is 3.43. The largest absolute Gasteiger partial charge is 0.397 e. The van der Waals surface area contributed by atoms with Gasteiger partial charge in [-0.15, -0.1) is 0 Å². The lowest BCUT2D eigenvalue weighted by molar-refractivity contribution is 0.269. The monoisotopic (exact) mass is 285 g/mol. The van der Waals surface area contributed by atoms with Gasteiger partial charge in [-0.3, -0.25) is 4.98 Å². The number of hydrogen-bond donors (Lipinski definition) is 2. The van der Waals surface area contributed by atoms with Gasteiger partial charge >= 0.3 is 0 Å². The SMILES string of the molecule is CC(C)(C)CC(C)(C)NS(=O)(=O)c1cncc(N)c1. The second-order valence-corrected chi connectivity index (χ2v) is 8.36. The Morgan fingerprint density at radius 1 is 1.21 bits per heavy atom. The number of rotatable bonds is 4. The molecule has 0 bridgehead atoms. The molecule has 0 amide bonds. The van der Waals surface area contributed by atoms with Crippen LogP contribution in [0.1, 0.15) is 41.0 Å². The predicted octanol–water partition coefficient (Wildman–Crippen LogP) is 2.16. The lowest BCUT2D eigenvalue weighted by atomic mass is 9.82. The lowest BCUT2D eigenvalue weighted by Gasteiger charge is -2.32. The smallest absolute Gasteiger partial charge is 0.242 e. The lowest BCUT2D eigenvalue weighted by Crippen LogP contribution is -2.45. The fourth-order valence-corrected chi connectivity index (χ4v) is 3.78. The van der Waals surface area contributed by atoms with Crippen molar-refractivity contribution in [2.75, 3.05) is 5.73 Å². The summed E-state index contributed by atoms with van der Waals surface area (Å²) < 4.78 is 27.3. The zero-order valence-corrected chi connectivity index (χ0v) is 13.0. The van der Waals surface area contributed by atoms with E-state index in [0.29, 0.717) is 5.69 Å². The highest BCUT2D eigenvalue weighted by atomic mass is 32.2. The third-order valence-corrected chi connectivity index (χ3v) is 4.09. The Morgan fingerprint density at radius 3 is 2.26 bits per heavy atom. The van der Waals surface area contributed by atoms with Crippen molar-refractivity contribution >= 4 is 15.7 Å². The number of aromatic nitrogens is 1. The van der Waals surface area contributed by atoms with Gasteiger partial charge in [0.15, 0.2) is 0 Å². The van der Waals surface area contributed by atoms with Crippen molar-refractivity contribution in [3.8, 4) is 0 Å². The summed E-state index contributed by atoms with van der Waals surface area (Å²) in [6, 6.07) is 1.41. The molecule has 6 heteroatoms. The molecule has 108 valence electrons. The molecule has 0 aliphatic heterocycles. The zero-order valence-electron chi connectivity index (χ0n) is 12.2. The van der Waals surface area contributed by atoms with Gasteiger partial charge in [-0.1, -0.05) is 20.8 Å². The van der Waals surface area contributed by atoms with Gasteiger partial charge < -0.3 is 5.73 Å². The highest BCUT2D eigenvalue weighted by molar-refractivity contribution is 7.89. The Bertz CT molecular complexity index is 545. The normalized spacial score (nSPS) is 13.5. The minimum atomic E-state index is -3.61. The number of anilines is 1. The Hall–Kier alpha value is -1.14. The van der Waals surface area contributed by atoms with Gasteiger partial charge in [-0.2, -0.15) is 0 Å². The van der Waals surface area contributed by atoms with Crippen LogP contribution < -0.4 is 10.5 Å². The van der Waals surface area contributed by atoms with E-state index in [4.69, 9.17) is 5.73 Å². The minimum Gasteiger partial charge on any atom is -0.397 e. The molecule has 0 unspecified atom stereocenters. The maximum atomic E-state index is 12.3. The molecule has 19 heavy (non-hydrogen) atoms. The van der Waals surface area contributed by atoms with E-state index < -0.39 is 15.6 Å². The van der Waals surface area contributed by atoms with E-state index in [1.807, 2.05) is 13.8 Å². The molecule has 1 aromatic rings. The average molecular weight is 285 g/mol. The molecule has 0 saturated heterocycles. The van der Waals surface area contributed by atoms with Crippen LogP contribution in [0.2, 0.25) is 0 Å². The summed E-state index contributed by atoms with van der Waals surface area (Å²) in [5, 5.41) is 0. The van der Waals surface area contributed by atoms with Crippen LogP contribution in [0.5, 0.6) is 0 Å². The van der Waals surface area contributed by atoms with Gasteiger partial charge in [0.2, 0.25) is 10.0 Å². The van der Waals surface area contributed by atoms with Crippen molar-refractivity contribution in [3.63, 3.8) is 0 Å². The summed E-state index contributed by atoms with van der Waals surface area (Å²) in [5.41, 5.74) is 5.38. The van der Waals surface area contributed by atoms with Crippen molar-refractivity contribution < 1.29 is 8.42 Å². The van der Waals surface area contributed by atoms with Crippen molar-refractivity contribution in [2.24, 2.45) is 5.41 Å². The van der Waals surface area contributed by atoms with Crippen LogP contribution in [0, 0.1) is 5.41 Å². The first kappa shape index (κ1) is 15.9. The second-order valence-electron chi connectivity index (χ2n) is 6.68. The van der Waals surface area contributed by atoms with Gasteiger partial charge in [0.05, 0.1) is 5.69 Å². The third kappa shape index (κ3) is 5.16. The van der Waals surface area contributed by atoms with E-state index >= 15 is 0 Å². The second kappa shape index (κ2) is 5.09. The molecule has 0 atom stereocenters. The van der Waals surface area contributed by atoms with Gasteiger partial charge in [-0.05, 0) is 31.7 Å². The number of sulfonamides is 1. The van der Waals surface area contributed by atoms with E-state index in [2.05, 4.69) is 30.5 Å². The fourth-order valence-electron chi connectivity index (χ4n) is 2.37. The summed E-state index contributed by atoms with van der Waals surface area (Å²) >= 11 is 0. The summed E-state index contributed by atoms with van der Waals surface area (Å²) in [7, 11) is -3.61. The van der Waals surface area contributed by atoms with Crippen LogP contribution >= 0.6 is 0 Å². The zero-order chi connectivity index (χ0) is 14.9. The molecule has 5 nitrogen and oxygen atoms in total. The molecule has 0 fully saturated rings. The van der Waals surface area contributed by atoms with Crippen LogP contribution in [0.25, 0.3) is 0 Å². The molecule has 3 N–H and O–H groups in total. The molecule has 1 aromatic heterocycles. The predicted molar refractivity (Wildman–Crippen MR) is 77.1 cm³/mol. The Morgan fingerprint density at radius 2 is 1.79 bits per heavy atom. The number of nitrogen functional groups attached to an aromatic ring is 1. The molecule has 1 rings (SSSR count). The molecule has 0 radical (unpaired) electrons. The summed E-state index contributed by atoms with van der Waals surface area (Å²) in [5.74, 6) is 0. The van der Waals surface area contributed by atoms with Crippen molar-refractivity contribution in [2.45, 2.75) is 51.5 Å². The van der Waals surface area contributed by atoms with E-state index in [-0.39, 0.29) is 10.3 Å². The molecule has 0 spiro atoms. The number of pyridine rings is 1. The number of nitrogens with zero attached hydrogens (tertiary/aromatic N) is 1. The quantitative estimate of drug-likeness (QED) is 0.887. The van der Waals surface area contributed by atoms with Crippen LogP contribution in [0.3, 0.4) is 0 Å². The maximum absolute atomic E-state index is 12.3. The van der Waals surface area contributed by atoms with E-state index in [1.165, 1.54) is 18.5 Å². The van der Waals surface area contributed by atoms with E-state index in [0.717, 1.165) is 6.42 Å². The Labute approximate surface area is 115 Å². The maximum Gasteiger partial charge on any atom is 0.242 e. The highest BCUT2D eigenvalue weighted by Crippen LogP contribution is 2.28. The van der Waals surface area contributed by atoms with Crippen LogP contribution in [0.15, 0.2) is 23.4 Å². The van der Waals surface area contributed by atoms with Crippen LogP contribution in [-0.4, -0.2) is 18.9 Å². The topological polar surface area (TPSA) is 85.1 Å². The Balaban J connectivity index is 2.97. The molecule has 0 aliphatic rings. The van der Waals surface area contributed by atoms with E-state index in [9.17, 15) is 8.42 Å². The average Bonchev–Trinajstić information content (AvgIpc) is 2.11. The molecule has 0 aliphatic carbocycles. The number of hydrogen-bond acceptors (Lipinski definition) is 4. The molecule has 1 heterocycles. The third-order valence-electron chi connectivity index (χ3n) is 2.43. The Kier molecular flexibility index (Phi) is 4.27. The first-order chi connectivity index (χ1) is 8.41. The van der Waals surface area contributed by atoms with Crippen LogP contribution in [-0.2, 0) is 10.0 Å². The van der Waals surface area contributed by atoms with Crippen molar-refractivity contribution in [1.82, 2.24) is 9.71 Å². The highest BCUT2D eigenvalue weighted by Gasteiger charge is 2.30. The first-order valence-electron chi connectivity index (χ1n) is 6.16. The van der Waals surface area contributed by atoms with Gasteiger partial charge in [0.1, 0.15) is 4.90 Å². The summed E-state index contributed by atoms with van der Waals surface area (Å²) in [4.78, 5) is 3.90.